The summed E-state index contributed by atoms with van der Waals surface area (Å²) in [5.41, 5.74) is -0.0644. The molecule has 1 aliphatic rings. The van der Waals surface area contributed by atoms with Crippen LogP contribution in [0.1, 0.15) is 19.4 Å². The number of hydrogen-bond donors (Lipinski definition) is 3. The minimum Gasteiger partial charge on any atom is -0.490 e. The Morgan fingerprint density at radius 2 is 1.98 bits per heavy atom. The molecule has 1 atom stereocenters. The van der Waals surface area contributed by atoms with Gasteiger partial charge in [0, 0.05) is 35.8 Å². The van der Waals surface area contributed by atoms with Gasteiger partial charge in [-0.1, -0.05) is 6.07 Å². The molecule has 0 unspecified atom stereocenters. The van der Waals surface area contributed by atoms with E-state index in [-0.39, 0.29) is 30.1 Å². The first-order valence-electron chi connectivity index (χ1n) is 12.3. The summed E-state index contributed by atoms with van der Waals surface area (Å²) in [5.74, 6) is -2.12. The van der Waals surface area contributed by atoms with Gasteiger partial charge in [0.05, 0.1) is 30.2 Å². The Morgan fingerprint density at radius 3 is 2.62 bits per heavy atom. The number of H-pyrrole nitrogens is 1. The third kappa shape index (κ3) is 5.37. The molecule has 0 bridgehead atoms. The number of nitriles is 1. The number of halogens is 3. The lowest BCUT2D eigenvalue weighted by molar-refractivity contribution is 0.0181. The highest BCUT2D eigenvalue weighted by Gasteiger charge is 2.34. The molecule has 3 N–H and O–H groups in total. The number of benzene rings is 2. The number of pyridine rings is 1. The lowest BCUT2D eigenvalue weighted by Crippen LogP contribution is -2.43. The van der Waals surface area contributed by atoms with E-state index in [9.17, 15) is 9.65 Å². The van der Waals surface area contributed by atoms with E-state index in [1.54, 1.807) is 24.4 Å². The number of anilines is 1. The Labute approximate surface area is 226 Å². The number of nitrogens with one attached hydrogen (secondary N) is 2. The molecule has 40 heavy (non-hydrogen) atoms. The highest BCUT2D eigenvalue weighted by Crippen LogP contribution is 2.39. The summed E-state index contributed by atoms with van der Waals surface area (Å²) in [6.45, 7) is 2.13. The third-order valence-electron chi connectivity index (χ3n) is 6.03. The normalized spacial score (nSPS) is 16.8. The lowest BCUT2D eigenvalue weighted by atomic mass is 10.0. The second-order valence-corrected chi connectivity index (χ2v) is 9.44. The molecule has 0 amide bonds. The molecule has 12 heteroatoms. The minimum atomic E-state index is -2.01. The summed E-state index contributed by atoms with van der Waals surface area (Å²) >= 11 is 0. The molecule has 3 heterocycles. The van der Waals surface area contributed by atoms with Crippen LogP contribution in [0.2, 0.25) is 0 Å². The monoisotopic (exact) mass is 551 g/mol. The molecule has 5 rings (SSSR count). The van der Waals surface area contributed by atoms with E-state index in [1.165, 1.54) is 12.3 Å². The summed E-state index contributed by atoms with van der Waals surface area (Å²) in [6, 6.07) is 10.5. The van der Waals surface area contributed by atoms with Crippen LogP contribution in [0, 0.1) is 23.0 Å². The smallest absolute Gasteiger partial charge is 0.289 e. The fraction of sp³-hybridized carbons (Fsp3) is 0.250. The van der Waals surface area contributed by atoms with Crippen LogP contribution in [-0.4, -0.2) is 52.6 Å². The molecule has 0 aliphatic carbocycles. The third-order valence-corrected chi connectivity index (χ3v) is 6.03. The van der Waals surface area contributed by atoms with Crippen molar-refractivity contribution in [2.24, 2.45) is 4.99 Å². The fourth-order valence-corrected chi connectivity index (χ4v) is 4.12. The number of alkyl halides is 1. The molecule has 2 aromatic carbocycles. The molecule has 0 saturated heterocycles. The van der Waals surface area contributed by atoms with Crippen LogP contribution in [0.5, 0.6) is 17.2 Å². The molecule has 0 radical (unpaired) electrons. The van der Waals surface area contributed by atoms with E-state index in [0.29, 0.717) is 33.5 Å². The van der Waals surface area contributed by atoms with Crippen LogP contribution in [0.3, 0.4) is 0 Å². The Balaban J connectivity index is 1.45. The van der Waals surface area contributed by atoms with E-state index >= 15 is 8.78 Å². The van der Waals surface area contributed by atoms with Gasteiger partial charge in [-0.2, -0.15) is 5.26 Å². The van der Waals surface area contributed by atoms with Gasteiger partial charge >= 0.3 is 0 Å². The Bertz CT molecular complexity index is 1630. The van der Waals surface area contributed by atoms with Gasteiger partial charge in [-0.15, -0.1) is 0 Å². The van der Waals surface area contributed by atoms with Crippen LogP contribution < -0.4 is 14.8 Å². The van der Waals surface area contributed by atoms with Crippen LogP contribution in [0.4, 0.5) is 18.9 Å². The second-order valence-electron chi connectivity index (χ2n) is 9.44. The molecule has 4 aromatic rings. The SMILES string of the molecule is CC(C)Oc1ccc(-c2c[nH]c3nccc(Oc4c(F)cc(NC5=NC[C@@](F)(CO)CO5)cc4F)c23)cc1C#N. The van der Waals surface area contributed by atoms with Crippen LogP contribution in [0.25, 0.3) is 22.2 Å². The number of aliphatic imine (C=N–C) groups is 1. The second kappa shape index (κ2) is 10.8. The van der Waals surface area contributed by atoms with Crippen molar-refractivity contribution in [2.75, 3.05) is 25.1 Å². The molecule has 206 valence electrons. The summed E-state index contributed by atoms with van der Waals surface area (Å²) < 4.78 is 60.7. The lowest BCUT2D eigenvalue weighted by Gasteiger charge is -2.26. The van der Waals surface area contributed by atoms with Crippen molar-refractivity contribution >= 4 is 22.7 Å². The van der Waals surface area contributed by atoms with Crippen molar-refractivity contribution in [2.45, 2.75) is 25.6 Å². The Kier molecular flexibility index (Phi) is 7.23. The van der Waals surface area contributed by atoms with E-state index in [1.807, 2.05) is 13.8 Å². The first-order valence-corrected chi connectivity index (χ1v) is 12.3. The number of aromatic nitrogens is 2. The van der Waals surface area contributed by atoms with E-state index in [2.05, 4.69) is 26.3 Å². The topological polar surface area (TPSA) is 125 Å². The molecular formula is C28H24F3N5O4. The number of aliphatic hydroxyl groups excluding tert-OH is 1. The minimum absolute atomic E-state index is 0.0357. The van der Waals surface area contributed by atoms with Crippen molar-refractivity contribution in [1.82, 2.24) is 9.97 Å². The maximum absolute atomic E-state index is 15.1. The zero-order valence-electron chi connectivity index (χ0n) is 21.5. The number of fused-ring (bicyclic) bond motifs is 1. The van der Waals surface area contributed by atoms with Gasteiger partial charge in [0.2, 0.25) is 0 Å². The van der Waals surface area contributed by atoms with Crippen molar-refractivity contribution in [1.29, 1.82) is 5.26 Å². The molecular weight excluding hydrogens is 527 g/mol. The maximum Gasteiger partial charge on any atom is 0.289 e. The summed E-state index contributed by atoms with van der Waals surface area (Å²) in [5, 5.41) is 21.7. The van der Waals surface area contributed by atoms with Crippen LogP contribution in [0.15, 0.2) is 53.8 Å². The number of nitrogens with zero attached hydrogens (tertiary/aromatic N) is 3. The maximum atomic E-state index is 15.1. The average molecular weight is 552 g/mol. The van der Waals surface area contributed by atoms with Crippen LogP contribution >= 0.6 is 0 Å². The quantitative estimate of drug-likeness (QED) is 0.279. The molecule has 2 aromatic heterocycles. The van der Waals surface area contributed by atoms with E-state index < -0.39 is 36.3 Å². The highest BCUT2D eigenvalue weighted by molar-refractivity contribution is 5.98. The Morgan fingerprint density at radius 1 is 1.20 bits per heavy atom. The van der Waals surface area contributed by atoms with Gasteiger partial charge in [0.1, 0.15) is 29.8 Å². The predicted octanol–water partition coefficient (Wildman–Crippen LogP) is 5.46. The van der Waals surface area contributed by atoms with Crippen molar-refractivity contribution < 1.29 is 32.5 Å². The zero-order valence-corrected chi connectivity index (χ0v) is 21.5. The first-order chi connectivity index (χ1) is 19.2. The Hall–Kier alpha value is -4.76. The average Bonchev–Trinajstić information content (AvgIpc) is 3.37. The van der Waals surface area contributed by atoms with Gasteiger partial charge in [0.25, 0.3) is 6.02 Å². The number of aliphatic hydroxyl groups is 1. The number of aromatic amines is 1. The summed E-state index contributed by atoms with van der Waals surface area (Å²) in [7, 11) is 0. The predicted molar refractivity (Wildman–Crippen MR) is 141 cm³/mol. The van der Waals surface area contributed by atoms with E-state index in [0.717, 1.165) is 12.1 Å². The number of hydrogen-bond acceptors (Lipinski definition) is 8. The van der Waals surface area contributed by atoms with Crippen LogP contribution in [-0.2, 0) is 4.74 Å². The molecule has 0 saturated carbocycles. The first kappa shape index (κ1) is 26.8. The number of amidine groups is 1. The fourth-order valence-electron chi connectivity index (χ4n) is 4.12. The van der Waals surface area contributed by atoms with Crippen molar-refractivity contribution in [3.8, 4) is 34.4 Å². The van der Waals surface area contributed by atoms with Gasteiger partial charge in [-0.05, 0) is 37.6 Å². The molecule has 0 spiro atoms. The van der Waals surface area contributed by atoms with Gasteiger partial charge in [0.15, 0.2) is 23.1 Å². The molecule has 0 fully saturated rings. The van der Waals surface area contributed by atoms with Gasteiger partial charge in [-0.3, -0.25) is 0 Å². The van der Waals surface area contributed by atoms with E-state index in [4.69, 9.17) is 19.3 Å². The van der Waals surface area contributed by atoms with Gasteiger partial charge < -0.3 is 29.6 Å². The highest BCUT2D eigenvalue weighted by atomic mass is 19.1. The van der Waals surface area contributed by atoms with Crippen molar-refractivity contribution in [3.63, 3.8) is 0 Å². The largest absolute Gasteiger partial charge is 0.490 e. The van der Waals surface area contributed by atoms with Gasteiger partial charge in [-0.25, -0.2) is 23.1 Å². The summed E-state index contributed by atoms with van der Waals surface area (Å²) in [6.07, 6.45) is 2.97. The zero-order chi connectivity index (χ0) is 28.4. The standard InChI is InChI=1S/C28H24F3N5O4/c1-15(2)39-22-4-3-16(7-17(22)10-32)19-11-34-26-24(19)23(5-6-33-26)40-25-20(29)8-18(9-21(25)30)36-27-35-12-28(31,13-37)14-38-27/h3-9,11,15,37H,12-14H2,1-2H3,(H,33,34)(H,35,36)/t28-/m1/s1. The molecule has 1 aliphatic heterocycles. The number of ether oxygens (including phenoxy) is 3. The number of rotatable bonds is 7. The molecule has 9 nitrogen and oxygen atoms in total. The summed E-state index contributed by atoms with van der Waals surface area (Å²) in [4.78, 5) is 11.1. The van der Waals surface area contributed by atoms with Crippen molar-refractivity contribution in [3.05, 3.63) is 66.0 Å².